The van der Waals surface area contributed by atoms with E-state index in [1.54, 1.807) is 15.6 Å². The second-order valence-electron chi connectivity index (χ2n) is 7.34. The number of aryl methyl sites for hydroxylation is 1. The number of benzene rings is 1. The van der Waals surface area contributed by atoms with Crippen LogP contribution in [0.1, 0.15) is 29.9 Å². The van der Waals surface area contributed by atoms with Gasteiger partial charge in [0.15, 0.2) is 0 Å². The number of hydrogen-bond donors (Lipinski definition) is 0. The maximum absolute atomic E-state index is 12.9. The van der Waals surface area contributed by atoms with Gasteiger partial charge in [-0.2, -0.15) is 16.3 Å². The summed E-state index contributed by atoms with van der Waals surface area (Å²) in [6.07, 6.45) is 2.42. The third kappa shape index (κ3) is 4.51. The molecule has 1 saturated heterocycles. The molecule has 0 saturated carbocycles. The molecule has 3 heterocycles. The summed E-state index contributed by atoms with van der Waals surface area (Å²) in [4.78, 5) is 4.47. The Morgan fingerprint density at radius 2 is 2.07 bits per heavy atom. The molecular weight excluding hydrogens is 394 g/mol. The van der Waals surface area contributed by atoms with Crippen molar-refractivity contribution in [1.82, 2.24) is 14.4 Å². The Kier molecular flexibility index (Phi) is 5.61. The van der Waals surface area contributed by atoms with Gasteiger partial charge in [-0.05, 0) is 42.7 Å². The molecule has 0 bridgehead atoms. The van der Waals surface area contributed by atoms with E-state index in [9.17, 15) is 8.42 Å². The van der Waals surface area contributed by atoms with Gasteiger partial charge in [-0.1, -0.05) is 35.0 Å². The smallest absolute Gasteiger partial charge is 0.227 e. The molecule has 1 aliphatic rings. The molecule has 0 aliphatic carbocycles. The Labute approximate surface area is 169 Å². The van der Waals surface area contributed by atoms with Crippen molar-refractivity contribution < 1.29 is 12.9 Å². The van der Waals surface area contributed by atoms with E-state index in [4.69, 9.17) is 4.52 Å². The van der Waals surface area contributed by atoms with Crippen molar-refractivity contribution in [3.63, 3.8) is 0 Å². The fourth-order valence-corrected chi connectivity index (χ4v) is 5.80. The summed E-state index contributed by atoms with van der Waals surface area (Å²) in [5.41, 5.74) is 2.90. The lowest BCUT2D eigenvalue weighted by Gasteiger charge is -2.31. The first-order valence-corrected chi connectivity index (χ1v) is 11.9. The summed E-state index contributed by atoms with van der Waals surface area (Å²) in [6, 6.07) is 9.63. The molecule has 1 aromatic carbocycles. The Bertz CT molecular complexity index is 1010. The van der Waals surface area contributed by atoms with Crippen molar-refractivity contribution >= 4 is 21.4 Å². The monoisotopic (exact) mass is 417 g/mol. The van der Waals surface area contributed by atoms with Crippen LogP contribution in [-0.4, -0.2) is 36.0 Å². The molecule has 28 heavy (non-hydrogen) atoms. The minimum absolute atomic E-state index is 0.0445. The number of thiophene rings is 1. The highest BCUT2D eigenvalue weighted by Gasteiger charge is 2.30. The second-order valence-corrected chi connectivity index (χ2v) is 10.1. The van der Waals surface area contributed by atoms with Crippen LogP contribution < -0.4 is 0 Å². The summed E-state index contributed by atoms with van der Waals surface area (Å²) in [6.45, 7) is 3.08. The highest BCUT2D eigenvalue weighted by Crippen LogP contribution is 2.25. The first-order chi connectivity index (χ1) is 13.5. The van der Waals surface area contributed by atoms with Crippen molar-refractivity contribution in [1.29, 1.82) is 0 Å². The zero-order valence-electron chi connectivity index (χ0n) is 15.7. The highest BCUT2D eigenvalue weighted by atomic mass is 32.2. The molecule has 1 fully saturated rings. The molecule has 6 nitrogen and oxygen atoms in total. The fourth-order valence-electron chi connectivity index (χ4n) is 3.53. The number of aromatic nitrogens is 2. The van der Waals surface area contributed by atoms with Gasteiger partial charge in [0.05, 0.1) is 5.75 Å². The molecular formula is C20H23N3O3S2. The van der Waals surface area contributed by atoms with Gasteiger partial charge < -0.3 is 4.52 Å². The van der Waals surface area contributed by atoms with Crippen molar-refractivity contribution in [2.24, 2.45) is 5.92 Å². The van der Waals surface area contributed by atoms with Gasteiger partial charge in [0.25, 0.3) is 0 Å². The van der Waals surface area contributed by atoms with Crippen LogP contribution in [0.25, 0.3) is 11.4 Å². The van der Waals surface area contributed by atoms with E-state index >= 15 is 0 Å². The summed E-state index contributed by atoms with van der Waals surface area (Å²) >= 11 is 1.59. The van der Waals surface area contributed by atoms with E-state index in [0.717, 1.165) is 29.5 Å². The predicted octanol–water partition coefficient (Wildman–Crippen LogP) is 3.89. The third-order valence-corrected chi connectivity index (χ3v) is 7.56. The average Bonchev–Trinajstić information content (AvgIpc) is 3.35. The van der Waals surface area contributed by atoms with Crippen LogP contribution in [0.3, 0.4) is 0 Å². The first-order valence-electron chi connectivity index (χ1n) is 9.38. The summed E-state index contributed by atoms with van der Waals surface area (Å²) in [7, 11) is -3.34. The minimum Gasteiger partial charge on any atom is -0.339 e. The molecule has 4 rings (SSSR count). The van der Waals surface area contributed by atoms with E-state index in [0.29, 0.717) is 31.2 Å². The van der Waals surface area contributed by atoms with E-state index < -0.39 is 10.0 Å². The van der Waals surface area contributed by atoms with Crippen LogP contribution in [-0.2, 0) is 22.2 Å². The molecule has 1 atom stereocenters. The predicted molar refractivity (Wildman–Crippen MR) is 109 cm³/mol. The number of piperidine rings is 1. The van der Waals surface area contributed by atoms with E-state index in [1.165, 1.54) is 0 Å². The largest absolute Gasteiger partial charge is 0.339 e. The van der Waals surface area contributed by atoms with Gasteiger partial charge in [0, 0.05) is 30.5 Å². The average molecular weight is 418 g/mol. The molecule has 1 aliphatic heterocycles. The zero-order chi connectivity index (χ0) is 19.6. The Morgan fingerprint density at radius 3 is 2.82 bits per heavy atom. The fraction of sp³-hybridized carbons (Fsp3) is 0.400. The Morgan fingerprint density at radius 1 is 1.25 bits per heavy atom. The molecule has 1 unspecified atom stereocenters. The lowest BCUT2D eigenvalue weighted by atomic mass is 9.96. The van der Waals surface area contributed by atoms with Gasteiger partial charge in [0.1, 0.15) is 0 Å². The Hall–Kier alpha value is -2.03. The molecule has 2 aromatic heterocycles. The zero-order valence-corrected chi connectivity index (χ0v) is 17.4. The second kappa shape index (κ2) is 8.14. The van der Waals surface area contributed by atoms with Gasteiger partial charge in [0.2, 0.25) is 21.7 Å². The highest BCUT2D eigenvalue weighted by molar-refractivity contribution is 7.88. The normalized spacial score (nSPS) is 18.4. The molecule has 3 aromatic rings. The lowest BCUT2D eigenvalue weighted by Crippen LogP contribution is -2.41. The summed E-state index contributed by atoms with van der Waals surface area (Å²) < 4.78 is 32.8. The van der Waals surface area contributed by atoms with E-state index in [-0.39, 0.29) is 11.7 Å². The summed E-state index contributed by atoms with van der Waals surface area (Å²) in [5.74, 6) is 1.40. The van der Waals surface area contributed by atoms with Crippen LogP contribution in [0.2, 0.25) is 0 Å². The van der Waals surface area contributed by atoms with E-state index in [2.05, 4.69) is 10.1 Å². The number of hydrogen-bond acceptors (Lipinski definition) is 6. The number of rotatable bonds is 6. The maximum atomic E-state index is 12.9. The van der Waals surface area contributed by atoms with Crippen LogP contribution >= 0.6 is 11.3 Å². The first kappa shape index (κ1) is 19.3. The van der Waals surface area contributed by atoms with Crippen LogP contribution in [0, 0.1) is 12.8 Å². The van der Waals surface area contributed by atoms with Crippen molar-refractivity contribution in [3.8, 4) is 11.4 Å². The SMILES string of the molecule is Cc1ccc(CS(=O)(=O)N2CCCC(Cc3nc(-c4ccsc4)no3)C2)cc1. The van der Waals surface area contributed by atoms with Gasteiger partial charge in [-0.15, -0.1) is 0 Å². The van der Waals surface area contributed by atoms with Gasteiger partial charge in [-0.25, -0.2) is 12.7 Å². The molecule has 0 radical (unpaired) electrons. The van der Waals surface area contributed by atoms with Crippen molar-refractivity contribution in [2.75, 3.05) is 13.1 Å². The molecule has 8 heteroatoms. The molecule has 0 amide bonds. The molecule has 0 spiro atoms. The minimum atomic E-state index is -3.34. The summed E-state index contributed by atoms with van der Waals surface area (Å²) in [5, 5.41) is 8.00. The number of sulfonamides is 1. The van der Waals surface area contributed by atoms with Gasteiger partial charge >= 0.3 is 0 Å². The van der Waals surface area contributed by atoms with Crippen LogP contribution in [0.4, 0.5) is 0 Å². The van der Waals surface area contributed by atoms with Crippen molar-refractivity contribution in [2.45, 2.75) is 31.9 Å². The van der Waals surface area contributed by atoms with Crippen LogP contribution in [0.5, 0.6) is 0 Å². The molecule has 0 N–H and O–H groups in total. The van der Waals surface area contributed by atoms with E-state index in [1.807, 2.05) is 48.0 Å². The standard InChI is InChI=1S/C20H23N3O3S2/c1-15-4-6-16(7-5-15)14-28(24,25)23-9-2-3-17(12-23)11-19-21-20(22-26-19)18-8-10-27-13-18/h4-8,10,13,17H,2-3,9,11-12,14H2,1H3. The number of nitrogens with zero attached hydrogens (tertiary/aromatic N) is 3. The topological polar surface area (TPSA) is 76.3 Å². The van der Waals surface area contributed by atoms with Crippen molar-refractivity contribution in [3.05, 3.63) is 58.1 Å². The maximum Gasteiger partial charge on any atom is 0.227 e. The lowest BCUT2D eigenvalue weighted by molar-refractivity contribution is 0.247. The molecule has 148 valence electrons. The van der Waals surface area contributed by atoms with Gasteiger partial charge in [-0.3, -0.25) is 0 Å². The third-order valence-electron chi connectivity index (χ3n) is 5.06. The van der Waals surface area contributed by atoms with Crippen LogP contribution in [0.15, 0.2) is 45.6 Å². The Balaban J connectivity index is 1.40. The quantitative estimate of drug-likeness (QED) is 0.608.